The summed E-state index contributed by atoms with van der Waals surface area (Å²) < 4.78 is 0. The normalized spacial score (nSPS) is 14.8. The molecule has 7 heteroatoms. The van der Waals surface area contributed by atoms with Crippen LogP contribution in [-0.4, -0.2) is 34.6 Å². The largest absolute Gasteiger partial charge is 0.352 e. The Bertz CT molecular complexity index is 901. The van der Waals surface area contributed by atoms with Crippen LogP contribution in [0.5, 0.6) is 0 Å². The molecule has 2 aromatic rings. The van der Waals surface area contributed by atoms with Crippen LogP contribution in [0.2, 0.25) is 10.0 Å². The Kier molecular flexibility index (Phi) is 9.76. The van der Waals surface area contributed by atoms with Crippen LogP contribution in [-0.2, 0) is 21.9 Å². The van der Waals surface area contributed by atoms with E-state index in [1.165, 1.54) is 11.8 Å². The van der Waals surface area contributed by atoms with E-state index in [2.05, 4.69) is 5.32 Å². The van der Waals surface area contributed by atoms with Crippen molar-refractivity contribution in [2.75, 3.05) is 5.75 Å². The van der Waals surface area contributed by atoms with Gasteiger partial charge in [-0.1, -0.05) is 73.3 Å². The van der Waals surface area contributed by atoms with Crippen LogP contribution in [0.25, 0.3) is 0 Å². The van der Waals surface area contributed by atoms with Crippen molar-refractivity contribution in [2.24, 2.45) is 0 Å². The lowest BCUT2D eigenvalue weighted by atomic mass is 10.1. The third-order valence-electron chi connectivity index (χ3n) is 5.79. The second kappa shape index (κ2) is 12.5. The molecule has 0 radical (unpaired) electrons. The van der Waals surface area contributed by atoms with Gasteiger partial charge in [-0.3, -0.25) is 9.59 Å². The number of hydrogen-bond acceptors (Lipinski definition) is 3. The lowest BCUT2D eigenvalue weighted by Gasteiger charge is -2.31. The Morgan fingerprint density at radius 3 is 2.44 bits per heavy atom. The summed E-state index contributed by atoms with van der Waals surface area (Å²) in [6, 6.07) is 14.8. The average molecular weight is 494 g/mol. The van der Waals surface area contributed by atoms with Crippen molar-refractivity contribution in [1.82, 2.24) is 10.2 Å². The van der Waals surface area contributed by atoms with Crippen LogP contribution >= 0.6 is 35.0 Å². The Hall–Kier alpha value is -1.69. The molecule has 172 valence electrons. The molecule has 0 bridgehead atoms. The van der Waals surface area contributed by atoms with E-state index >= 15 is 0 Å². The fourth-order valence-corrected chi connectivity index (χ4v) is 5.34. The van der Waals surface area contributed by atoms with Crippen LogP contribution in [0.4, 0.5) is 0 Å². The van der Waals surface area contributed by atoms with Gasteiger partial charge in [0.05, 0.1) is 5.75 Å². The minimum Gasteiger partial charge on any atom is -0.352 e. The molecule has 0 saturated heterocycles. The smallest absolute Gasteiger partial charge is 0.243 e. The first-order chi connectivity index (χ1) is 15.5. The molecule has 0 unspecified atom stereocenters. The molecular formula is C25H30Cl2N2O2S. The number of hydrogen-bond donors (Lipinski definition) is 1. The minimum absolute atomic E-state index is 0.0505. The van der Waals surface area contributed by atoms with E-state index in [9.17, 15) is 9.59 Å². The molecule has 2 aromatic carbocycles. The SMILES string of the molecule is CC[C@@H](C(=O)NC1CCCC1)N(Cc1ccc(Cl)cc1)C(=O)CSCc1ccccc1Cl. The zero-order chi connectivity index (χ0) is 22.9. The van der Waals surface area contributed by atoms with Gasteiger partial charge >= 0.3 is 0 Å². The van der Waals surface area contributed by atoms with Crippen molar-refractivity contribution in [1.29, 1.82) is 0 Å². The van der Waals surface area contributed by atoms with E-state index in [0.717, 1.165) is 36.8 Å². The molecule has 2 amide bonds. The quantitative estimate of drug-likeness (QED) is 0.436. The number of nitrogens with zero attached hydrogens (tertiary/aromatic N) is 1. The predicted octanol–water partition coefficient (Wildman–Crippen LogP) is 6.09. The maximum absolute atomic E-state index is 13.3. The van der Waals surface area contributed by atoms with Gasteiger partial charge in [0.25, 0.3) is 0 Å². The molecular weight excluding hydrogens is 463 g/mol. The number of halogens is 2. The van der Waals surface area contributed by atoms with Gasteiger partial charge < -0.3 is 10.2 Å². The predicted molar refractivity (Wildman–Crippen MR) is 134 cm³/mol. The summed E-state index contributed by atoms with van der Waals surface area (Å²) in [5, 5.41) is 4.52. The summed E-state index contributed by atoms with van der Waals surface area (Å²) in [6.07, 6.45) is 4.89. The summed E-state index contributed by atoms with van der Waals surface area (Å²) in [5.41, 5.74) is 1.95. The van der Waals surface area contributed by atoms with Crippen molar-refractivity contribution in [3.05, 3.63) is 69.7 Å². The molecule has 1 aliphatic carbocycles. The average Bonchev–Trinajstić information content (AvgIpc) is 3.29. The monoisotopic (exact) mass is 492 g/mol. The van der Waals surface area contributed by atoms with E-state index in [-0.39, 0.29) is 23.6 Å². The van der Waals surface area contributed by atoms with E-state index < -0.39 is 6.04 Å². The highest BCUT2D eigenvalue weighted by Crippen LogP contribution is 2.23. The molecule has 1 fully saturated rings. The van der Waals surface area contributed by atoms with Gasteiger partial charge in [-0.05, 0) is 48.6 Å². The second-order valence-corrected chi connectivity index (χ2v) is 9.98. The highest BCUT2D eigenvalue weighted by atomic mass is 35.5. The maximum Gasteiger partial charge on any atom is 0.243 e. The van der Waals surface area contributed by atoms with Gasteiger partial charge in [-0.25, -0.2) is 0 Å². The van der Waals surface area contributed by atoms with E-state index in [1.807, 2.05) is 55.5 Å². The van der Waals surface area contributed by atoms with Gasteiger partial charge in [0.15, 0.2) is 0 Å². The summed E-state index contributed by atoms with van der Waals surface area (Å²) in [5.74, 6) is 0.820. The summed E-state index contributed by atoms with van der Waals surface area (Å²) in [6.45, 7) is 2.33. The van der Waals surface area contributed by atoms with E-state index in [1.54, 1.807) is 4.90 Å². The fourth-order valence-electron chi connectivity index (χ4n) is 4.02. The second-order valence-electron chi connectivity index (χ2n) is 8.15. The van der Waals surface area contributed by atoms with Crippen LogP contribution in [0, 0.1) is 0 Å². The number of benzene rings is 2. The van der Waals surface area contributed by atoms with Gasteiger partial charge in [0.1, 0.15) is 6.04 Å². The molecule has 1 N–H and O–H groups in total. The number of carbonyl (C=O) groups excluding carboxylic acids is 2. The number of carbonyl (C=O) groups is 2. The zero-order valence-electron chi connectivity index (χ0n) is 18.4. The van der Waals surface area contributed by atoms with Crippen molar-refractivity contribution < 1.29 is 9.59 Å². The lowest BCUT2D eigenvalue weighted by molar-refractivity contribution is -0.139. The Morgan fingerprint density at radius 2 is 1.78 bits per heavy atom. The molecule has 32 heavy (non-hydrogen) atoms. The molecule has 1 atom stereocenters. The Morgan fingerprint density at radius 1 is 1.09 bits per heavy atom. The number of amides is 2. The molecule has 3 rings (SSSR count). The lowest BCUT2D eigenvalue weighted by Crippen LogP contribution is -2.51. The first-order valence-electron chi connectivity index (χ1n) is 11.1. The number of thioether (sulfide) groups is 1. The first-order valence-corrected chi connectivity index (χ1v) is 13.0. The van der Waals surface area contributed by atoms with E-state index in [0.29, 0.717) is 28.8 Å². The highest BCUT2D eigenvalue weighted by Gasteiger charge is 2.30. The minimum atomic E-state index is -0.500. The molecule has 1 saturated carbocycles. The molecule has 1 aliphatic rings. The van der Waals surface area contributed by atoms with Crippen molar-refractivity contribution in [3.63, 3.8) is 0 Å². The highest BCUT2D eigenvalue weighted by molar-refractivity contribution is 7.99. The number of nitrogens with one attached hydrogen (secondary N) is 1. The Labute approximate surface area is 205 Å². The maximum atomic E-state index is 13.3. The van der Waals surface area contributed by atoms with Gasteiger partial charge in [0.2, 0.25) is 11.8 Å². The van der Waals surface area contributed by atoms with Crippen LogP contribution < -0.4 is 5.32 Å². The third kappa shape index (κ3) is 7.16. The fraction of sp³-hybridized carbons (Fsp3) is 0.440. The Balaban J connectivity index is 1.70. The molecule has 0 aliphatic heterocycles. The van der Waals surface area contributed by atoms with Crippen molar-refractivity contribution >= 4 is 46.8 Å². The van der Waals surface area contributed by atoms with Crippen LogP contribution in [0.1, 0.15) is 50.2 Å². The van der Waals surface area contributed by atoms with Gasteiger partial charge in [-0.15, -0.1) is 11.8 Å². The molecule has 0 spiro atoms. The molecule has 4 nitrogen and oxygen atoms in total. The third-order valence-corrected chi connectivity index (χ3v) is 7.38. The van der Waals surface area contributed by atoms with Gasteiger partial charge in [0, 0.05) is 28.4 Å². The van der Waals surface area contributed by atoms with Crippen molar-refractivity contribution in [2.45, 2.75) is 63.4 Å². The number of rotatable bonds is 10. The first kappa shape index (κ1) is 24.9. The van der Waals surface area contributed by atoms with Gasteiger partial charge in [-0.2, -0.15) is 0 Å². The standard InChI is InChI=1S/C25H30Cl2N2O2S/c1-2-23(25(31)28-21-8-4-5-9-21)29(15-18-11-13-20(26)14-12-18)24(30)17-32-16-19-7-3-6-10-22(19)27/h3,6-7,10-14,21,23H,2,4-5,8-9,15-17H2,1H3,(H,28,31)/t23-/m0/s1. The summed E-state index contributed by atoms with van der Waals surface area (Å²) >= 11 is 13.8. The van der Waals surface area contributed by atoms with Crippen LogP contribution in [0.3, 0.4) is 0 Å². The summed E-state index contributed by atoms with van der Waals surface area (Å²) in [4.78, 5) is 28.1. The zero-order valence-corrected chi connectivity index (χ0v) is 20.7. The molecule has 0 aromatic heterocycles. The van der Waals surface area contributed by atoms with E-state index in [4.69, 9.17) is 23.2 Å². The van der Waals surface area contributed by atoms with Crippen molar-refractivity contribution in [3.8, 4) is 0 Å². The van der Waals surface area contributed by atoms with Crippen LogP contribution in [0.15, 0.2) is 48.5 Å². The molecule has 0 heterocycles. The topological polar surface area (TPSA) is 49.4 Å². The summed E-state index contributed by atoms with van der Waals surface area (Å²) in [7, 11) is 0.